The van der Waals surface area contributed by atoms with E-state index < -0.39 is 37.9 Å². The number of halogens is 1. The highest BCUT2D eigenvalue weighted by Crippen LogP contribution is 2.50. The molecule has 23 heavy (non-hydrogen) atoms. The number of ether oxygens (including phenoxy) is 1. The molecule has 122 valence electrons. The van der Waals surface area contributed by atoms with Gasteiger partial charge < -0.3 is 10.5 Å². The number of nitrogens with one attached hydrogen (secondary N) is 1. The Balaban J connectivity index is 1.82. The van der Waals surface area contributed by atoms with Gasteiger partial charge in [0.25, 0.3) is 5.56 Å². The predicted octanol–water partition coefficient (Wildman–Crippen LogP) is 0.400. The number of aromatic nitrogens is 4. The number of H-pyrrole nitrogens is 1. The van der Waals surface area contributed by atoms with Gasteiger partial charge in [-0.15, -0.1) is 9.05 Å². The first-order chi connectivity index (χ1) is 10.9. The van der Waals surface area contributed by atoms with Crippen molar-refractivity contribution < 1.29 is 22.7 Å². The summed E-state index contributed by atoms with van der Waals surface area (Å²) in [5.74, 6) is -0.122. The molecule has 4 rings (SSSR count). The van der Waals surface area contributed by atoms with Crippen LogP contribution in [-0.2, 0) is 18.3 Å². The number of hydrogen-bond acceptors (Lipinski definition) is 8. The Labute approximate surface area is 128 Å². The van der Waals surface area contributed by atoms with E-state index in [1.165, 1.54) is 17.8 Å². The summed E-state index contributed by atoms with van der Waals surface area (Å²) in [5.41, 5.74) is 3.05. The van der Waals surface area contributed by atoms with Crippen molar-refractivity contribution >= 4 is 25.4 Å². The second-order valence-corrected chi connectivity index (χ2v) is 6.41. The molecule has 2 aromatic rings. The molecule has 5 atom stereocenters. The van der Waals surface area contributed by atoms with Crippen LogP contribution in [0.25, 0.3) is 11.2 Å². The molecule has 0 saturated carbocycles. The Hall–Kier alpha value is -1.94. The van der Waals surface area contributed by atoms with Gasteiger partial charge in [-0.3, -0.25) is 14.3 Å². The number of nitrogens with zero attached hydrogens (tertiary/aromatic N) is 3. The van der Waals surface area contributed by atoms with Crippen molar-refractivity contribution in [1.29, 1.82) is 0 Å². The average Bonchev–Trinajstić information content (AvgIpc) is 2.99. The van der Waals surface area contributed by atoms with Crippen LogP contribution in [0.15, 0.2) is 11.1 Å². The third kappa shape index (κ3) is 2.08. The second kappa shape index (κ2) is 4.78. The van der Waals surface area contributed by atoms with Crippen LogP contribution in [0.1, 0.15) is 13.2 Å². The van der Waals surface area contributed by atoms with Gasteiger partial charge in [0.15, 0.2) is 29.2 Å². The van der Waals surface area contributed by atoms with Crippen LogP contribution in [0, 0.1) is 0 Å². The van der Waals surface area contributed by atoms with Gasteiger partial charge in [-0.25, -0.2) is 9.37 Å². The molecule has 2 fully saturated rings. The van der Waals surface area contributed by atoms with Gasteiger partial charge >= 0.3 is 8.25 Å². The number of alkyl halides is 1. The first-order valence-electron chi connectivity index (χ1n) is 6.71. The first-order valence-corrected chi connectivity index (χ1v) is 7.81. The second-order valence-electron chi connectivity index (χ2n) is 5.50. The highest BCUT2D eigenvalue weighted by molar-refractivity contribution is 7.33. The molecule has 0 spiro atoms. The van der Waals surface area contributed by atoms with E-state index in [2.05, 4.69) is 15.0 Å². The van der Waals surface area contributed by atoms with Crippen LogP contribution in [0.3, 0.4) is 0 Å². The minimum atomic E-state index is -2.39. The molecule has 0 aliphatic carbocycles. The molecule has 3 N–H and O–H groups in total. The zero-order valence-corrected chi connectivity index (χ0v) is 12.7. The largest absolute Gasteiger partial charge is 0.697 e. The van der Waals surface area contributed by atoms with Crippen LogP contribution in [-0.4, -0.2) is 44.0 Å². The fourth-order valence-corrected chi connectivity index (χ4v) is 3.74. The lowest BCUT2D eigenvalue weighted by molar-refractivity contribution is -0.0576. The topological polar surface area (TPSA) is 134 Å². The van der Waals surface area contributed by atoms with Crippen LogP contribution < -0.4 is 11.3 Å². The number of imidazole rings is 1. The standard InChI is InChI=1S/C11H11FN5O5P/c1-11(12)6-4(2-20-23(19)22-6)21-9(11)17-3-14-5-7(17)15-10(13)16-8(5)18/h3-4,6,9H,2H2,1H3,(H2-,13,15,16,18)/p+1/t4-,6-,9-,11-/m1/s1. The van der Waals surface area contributed by atoms with Crippen molar-refractivity contribution in [3.63, 3.8) is 0 Å². The zero-order chi connectivity index (χ0) is 16.4. The summed E-state index contributed by atoms with van der Waals surface area (Å²) in [6.07, 6.45) is -1.74. The molecular formula is C11H12FN5O5P+. The zero-order valence-electron chi connectivity index (χ0n) is 11.8. The van der Waals surface area contributed by atoms with E-state index in [0.29, 0.717) is 0 Å². The smallest absolute Gasteiger partial charge is 0.369 e. The summed E-state index contributed by atoms with van der Waals surface area (Å²) in [6.45, 7) is 1.21. The van der Waals surface area contributed by atoms with Crippen LogP contribution in [0.2, 0.25) is 0 Å². The van der Waals surface area contributed by atoms with Crippen molar-refractivity contribution in [3.05, 3.63) is 16.7 Å². The number of rotatable bonds is 1. The fourth-order valence-electron chi connectivity index (χ4n) is 2.88. The van der Waals surface area contributed by atoms with Gasteiger partial charge in [0, 0.05) is 4.57 Å². The van der Waals surface area contributed by atoms with Crippen molar-refractivity contribution in [3.8, 4) is 0 Å². The van der Waals surface area contributed by atoms with Crippen LogP contribution in [0.5, 0.6) is 0 Å². The summed E-state index contributed by atoms with van der Waals surface area (Å²) in [5, 5.41) is 0. The van der Waals surface area contributed by atoms with Crippen molar-refractivity contribution in [2.75, 3.05) is 12.3 Å². The summed E-state index contributed by atoms with van der Waals surface area (Å²) < 4.78 is 43.4. The molecule has 2 aliphatic rings. The molecule has 4 heterocycles. The van der Waals surface area contributed by atoms with Crippen molar-refractivity contribution in [2.24, 2.45) is 0 Å². The molecule has 0 amide bonds. The third-order valence-corrected chi connectivity index (χ3v) is 4.69. The molecule has 10 nitrogen and oxygen atoms in total. The lowest BCUT2D eigenvalue weighted by Gasteiger charge is -2.24. The van der Waals surface area contributed by atoms with E-state index in [4.69, 9.17) is 19.5 Å². The Morgan fingerprint density at radius 2 is 2.39 bits per heavy atom. The highest BCUT2D eigenvalue weighted by atomic mass is 31.1. The molecule has 0 bridgehead atoms. The quantitative estimate of drug-likeness (QED) is 0.710. The molecule has 1 unspecified atom stereocenters. The van der Waals surface area contributed by atoms with Crippen LogP contribution >= 0.6 is 8.25 Å². The van der Waals surface area contributed by atoms with Gasteiger partial charge in [-0.05, 0) is 6.92 Å². The van der Waals surface area contributed by atoms with Gasteiger partial charge in [0.05, 0.1) is 6.33 Å². The van der Waals surface area contributed by atoms with Gasteiger partial charge in [-0.1, -0.05) is 0 Å². The number of nitrogens with two attached hydrogens (primary N) is 1. The predicted molar refractivity (Wildman–Crippen MR) is 74.4 cm³/mol. The monoisotopic (exact) mass is 344 g/mol. The highest BCUT2D eigenvalue weighted by Gasteiger charge is 2.63. The van der Waals surface area contributed by atoms with E-state index in [-0.39, 0.29) is 23.7 Å². The average molecular weight is 344 g/mol. The maximum Gasteiger partial charge on any atom is 0.697 e. The lowest BCUT2D eigenvalue weighted by atomic mass is 9.98. The Morgan fingerprint density at radius 1 is 1.61 bits per heavy atom. The van der Waals surface area contributed by atoms with Crippen molar-refractivity contribution in [2.45, 2.75) is 31.0 Å². The summed E-state index contributed by atoms with van der Waals surface area (Å²) in [6, 6.07) is 0. The SMILES string of the molecule is C[C@@]1(F)[C@@H]2O[P+](=O)OC[C@H]2O[C@H]1n1cnc2c(=O)[nH]c(N)nc21. The molecule has 2 aromatic heterocycles. The van der Waals surface area contributed by atoms with Crippen LogP contribution in [0.4, 0.5) is 10.3 Å². The molecule has 2 aliphatic heterocycles. The first kappa shape index (κ1) is 14.6. The molecule has 2 saturated heterocycles. The number of aromatic amines is 1. The van der Waals surface area contributed by atoms with E-state index in [1.807, 2.05) is 0 Å². The maximum absolute atomic E-state index is 15.2. The molecule has 0 radical (unpaired) electrons. The Bertz CT molecular complexity index is 866. The van der Waals surface area contributed by atoms with E-state index >= 15 is 4.39 Å². The minimum absolute atomic E-state index is 0.0108. The van der Waals surface area contributed by atoms with Gasteiger partial charge in [0.2, 0.25) is 5.95 Å². The summed E-state index contributed by atoms with van der Waals surface area (Å²) in [4.78, 5) is 22.0. The van der Waals surface area contributed by atoms with E-state index in [1.54, 1.807) is 0 Å². The van der Waals surface area contributed by atoms with Gasteiger partial charge in [0.1, 0.15) is 12.7 Å². The molecular weight excluding hydrogens is 332 g/mol. The Kier molecular flexibility index (Phi) is 3.04. The van der Waals surface area contributed by atoms with Crippen molar-refractivity contribution in [1.82, 2.24) is 19.5 Å². The summed E-state index contributed by atoms with van der Waals surface area (Å²) in [7, 11) is -2.39. The number of nitrogen functional groups attached to an aromatic ring is 1. The molecule has 0 aromatic carbocycles. The normalized spacial score (nSPS) is 35.6. The number of anilines is 1. The number of fused-ring (bicyclic) bond motifs is 2. The minimum Gasteiger partial charge on any atom is -0.369 e. The number of hydrogen-bond donors (Lipinski definition) is 2. The summed E-state index contributed by atoms with van der Waals surface area (Å²) >= 11 is 0. The Morgan fingerprint density at radius 3 is 3.17 bits per heavy atom. The fraction of sp³-hybridized carbons (Fsp3) is 0.545. The third-order valence-electron chi connectivity index (χ3n) is 3.93. The van der Waals surface area contributed by atoms with E-state index in [0.717, 1.165) is 0 Å². The van der Waals surface area contributed by atoms with E-state index in [9.17, 15) is 9.36 Å². The lowest BCUT2D eigenvalue weighted by Crippen LogP contribution is -2.43. The molecule has 12 heteroatoms. The maximum atomic E-state index is 15.2. The van der Waals surface area contributed by atoms with Gasteiger partial charge in [-0.2, -0.15) is 4.98 Å².